The second kappa shape index (κ2) is 4.77. The molecule has 100 valence electrons. The molecule has 5 heteroatoms. The molecule has 0 aliphatic rings. The van der Waals surface area contributed by atoms with Crippen molar-refractivity contribution in [2.24, 2.45) is 0 Å². The monoisotopic (exact) mass is 269 g/mol. The van der Waals surface area contributed by atoms with Gasteiger partial charge in [0, 0.05) is 11.3 Å². The van der Waals surface area contributed by atoms with Crippen molar-refractivity contribution >= 4 is 5.69 Å². The molecule has 0 fully saturated rings. The SMILES string of the molecule is Cc1ccc(-c2noc(-c3c(N)cccc3F)n2)cc1. The molecule has 3 rings (SSSR count). The van der Waals surface area contributed by atoms with Crippen molar-refractivity contribution < 1.29 is 8.91 Å². The van der Waals surface area contributed by atoms with E-state index in [1.165, 1.54) is 12.1 Å². The van der Waals surface area contributed by atoms with Crippen LogP contribution in [0.1, 0.15) is 5.56 Å². The van der Waals surface area contributed by atoms with Gasteiger partial charge in [-0.3, -0.25) is 0 Å². The maximum Gasteiger partial charge on any atom is 0.263 e. The zero-order valence-corrected chi connectivity index (χ0v) is 10.8. The van der Waals surface area contributed by atoms with E-state index in [9.17, 15) is 4.39 Å². The van der Waals surface area contributed by atoms with E-state index in [4.69, 9.17) is 10.3 Å². The second-order valence-electron chi connectivity index (χ2n) is 4.49. The minimum atomic E-state index is -0.482. The molecule has 0 atom stereocenters. The molecule has 1 heterocycles. The Morgan fingerprint density at radius 1 is 1.10 bits per heavy atom. The molecule has 0 radical (unpaired) electrons. The maximum absolute atomic E-state index is 13.8. The fourth-order valence-electron chi connectivity index (χ4n) is 1.91. The van der Waals surface area contributed by atoms with E-state index < -0.39 is 5.82 Å². The third-order valence-electron chi connectivity index (χ3n) is 3.00. The molecule has 20 heavy (non-hydrogen) atoms. The largest absolute Gasteiger partial charge is 0.398 e. The molecule has 0 amide bonds. The fraction of sp³-hybridized carbons (Fsp3) is 0.0667. The van der Waals surface area contributed by atoms with Gasteiger partial charge < -0.3 is 10.3 Å². The molecule has 0 aliphatic heterocycles. The predicted octanol–water partition coefficient (Wildman–Crippen LogP) is 3.43. The Morgan fingerprint density at radius 2 is 1.85 bits per heavy atom. The molecule has 3 aromatic rings. The van der Waals surface area contributed by atoms with Crippen LogP contribution < -0.4 is 5.73 Å². The normalized spacial score (nSPS) is 10.7. The van der Waals surface area contributed by atoms with E-state index in [1.54, 1.807) is 6.07 Å². The zero-order valence-electron chi connectivity index (χ0n) is 10.8. The van der Waals surface area contributed by atoms with E-state index in [-0.39, 0.29) is 17.1 Å². The lowest BCUT2D eigenvalue weighted by molar-refractivity contribution is 0.430. The molecule has 4 nitrogen and oxygen atoms in total. The van der Waals surface area contributed by atoms with Gasteiger partial charge in [-0.25, -0.2) is 4.39 Å². The van der Waals surface area contributed by atoms with Crippen LogP contribution in [0.25, 0.3) is 22.8 Å². The first-order valence-corrected chi connectivity index (χ1v) is 6.10. The topological polar surface area (TPSA) is 64.9 Å². The van der Waals surface area contributed by atoms with E-state index in [0.29, 0.717) is 5.82 Å². The van der Waals surface area contributed by atoms with Gasteiger partial charge in [-0.15, -0.1) is 0 Å². The van der Waals surface area contributed by atoms with Gasteiger partial charge in [-0.1, -0.05) is 41.1 Å². The highest BCUT2D eigenvalue weighted by atomic mass is 19.1. The average molecular weight is 269 g/mol. The molecule has 0 spiro atoms. The number of nitrogens with two attached hydrogens (primary N) is 1. The highest BCUT2D eigenvalue weighted by Gasteiger charge is 2.16. The summed E-state index contributed by atoms with van der Waals surface area (Å²) < 4.78 is 18.9. The highest BCUT2D eigenvalue weighted by Crippen LogP contribution is 2.29. The summed E-state index contributed by atoms with van der Waals surface area (Å²) in [6, 6.07) is 12.1. The number of nitrogen functional groups attached to an aromatic ring is 1. The van der Waals surface area contributed by atoms with Crippen LogP contribution in [-0.2, 0) is 0 Å². The number of hydrogen-bond donors (Lipinski definition) is 1. The Hall–Kier alpha value is -2.69. The third-order valence-corrected chi connectivity index (χ3v) is 3.00. The van der Waals surface area contributed by atoms with Crippen LogP contribution >= 0.6 is 0 Å². The van der Waals surface area contributed by atoms with Crippen molar-refractivity contribution in [3.63, 3.8) is 0 Å². The van der Waals surface area contributed by atoms with E-state index >= 15 is 0 Å². The molecule has 2 aromatic carbocycles. The minimum Gasteiger partial charge on any atom is -0.398 e. The summed E-state index contributed by atoms with van der Waals surface area (Å²) >= 11 is 0. The summed E-state index contributed by atoms with van der Waals surface area (Å²) in [5, 5.41) is 3.87. The molecule has 0 saturated heterocycles. The van der Waals surface area contributed by atoms with Crippen molar-refractivity contribution in [2.75, 3.05) is 5.73 Å². The Morgan fingerprint density at radius 3 is 2.55 bits per heavy atom. The maximum atomic E-state index is 13.8. The van der Waals surface area contributed by atoms with Gasteiger partial charge in [0.2, 0.25) is 5.82 Å². The zero-order chi connectivity index (χ0) is 14.1. The number of rotatable bonds is 2. The van der Waals surface area contributed by atoms with Gasteiger partial charge in [0.1, 0.15) is 5.82 Å². The first-order valence-electron chi connectivity index (χ1n) is 6.10. The average Bonchev–Trinajstić information content (AvgIpc) is 2.89. The summed E-state index contributed by atoms with van der Waals surface area (Å²) in [7, 11) is 0. The Balaban J connectivity index is 2.04. The third kappa shape index (κ3) is 2.14. The predicted molar refractivity (Wildman–Crippen MR) is 74.3 cm³/mol. The number of hydrogen-bond acceptors (Lipinski definition) is 4. The second-order valence-corrected chi connectivity index (χ2v) is 4.49. The van der Waals surface area contributed by atoms with E-state index in [2.05, 4.69) is 10.1 Å². The van der Waals surface area contributed by atoms with Gasteiger partial charge in [0.25, 0.3) is 5.89 Å². The summed E-state index contributed by atoms with van der Waals surface area (Å²) in [4.78, 5) is 4.20. The van der Waals surface area contributed by atoms with E-state index in [1.807, 2.05) is 31.2 Å². The summed E-state index contributed by atoms with van der Waals surface area (Å²) in [6.45, 7) is 1.99. The van der Waals surface area contributed by atoms with Crippen molar-refractivity contribution in [3.8, 4) is 22.8 Å². The molecule has 0 bridgehead atoms. The van der Waals surface area contributed by atoms with Gasteiger partial charge in [-0.2, -0.15) is 4.98 Å². The van der Waals surface area contributed by atoms with Crippen LogP contribution in [0.15, 0.2) is 47.0 Å². The smallest absolute Gasteiger partial charge is 0.263 e. The number of aromatic nitrogens is 2. The summed E-state index contributed by atoms with van der Waals surface area (Å²) in [5.41, 5.74) is 8.10. The Labute approximate surface area is 115 Å². The molecule has 2 N–H and O–H groups in total. The molecular weight excluding hydrogens is 257 g/mol. The number of halogens is 1. The quantitative estimate of drug-likeness (QED) is 0.724. The van der Waals surface area contributed by atoms with Crippen LogP contribution in [0, 0.1) is 12.7 Å². The van der Waals surface area contributed by atoms with Crippen LogP contribution in [0.2, 0.25) is 0 Å². The molecular formula is C15H12FN3O. The number of anilines is 1. The molecule has 0 aliphatic carbocycles. The Bertz CT molecular complexity index is 730. The van der Waals surface area contributed by atoms with Gasteiger partial charge >= 0.3 is 0 Å². The number of nitrogens with zero attached hydrogens (tertiary/aromatic N) is 2. The van der Waals surface area contributed by atoms with Crippen LogP contribution in [0.3, 0.4) is 0 Å². The van der Waals surface area contributed by atoms with Gasteiger partial charge in [-0.05, 0) is 19.1 Å². The van der Waals surface area contributed by atoms with Gasteiger partial charge in [0.05, 0.1) is 5.56 Å². The lowest BCUT2D eigenvalue weighted by atomic mass is 10.1. The first kappa shape index (κ1) is 12.3. The minimum absolute atomic E-state index is 0.0798. The molecule has 0 saturated carbocycles. The van der Waals surface area contributed by atoms with Crippen LogP contribution in [0.4, 0.5) is 10.1 Å². The standard InChI is InChI=1S/C15H12FN3O/c1-9-5-7-10(8-6-9)14-18-15(20-19-14)13-11(16)3-2-4-12(13)17/h2-8H,17H2,1H3. The van der Waals surface area contributed by atoms with Crippen molar-refractivity contribution in [3.05, 3.63) is 53.8 Å². The van der Waals surface area contributed by atoms with Crippen LogP contribution in [0.5, 0.6) is 0 Å². The lowest BCUT2D eigenvalue weighted by Gasteiger charge is -2.00. The fourth-order valence-corrected chi connectivity index (χ4v) is 1.91. The van der Waals surface area contributed by atoms with E-state index in [0.717, 1.165) is 11.1 Å². The summed E-state index contributed by atoms with van der Waals surface area (Å²) in [6.07, 6.45) is 0. The lowest BCUT2D eigenvalue weighted by Crippen LogP contribution is -1.93. The van der Waals surface area contributed by atoms with Crippen molar-refractivity contribution in [2.45, 2.75) is 6.92 Å². The van der Waals surface area contributed by atoms with Gasteiger partial charge in [0.15, 0.2) is 0 Å². The van der Waals surface area contributed by atoms with Crippen molar-refractivity contribution in [1.82, 2.24) is 10.1 Å². The highest BCUT2D eigenvalue weighted by molar-refractivity contribution is 5.72. The number of aryl methyl sites for hydroxylation is 1. The first-order chi connectivity index (χ1) is 9.65. The van der Waals surface area contributed by atoms with Crippen molar-refractivity contribution in [1.29, 1.82) is 0 Å². The Kier molecular flexibility index (Phi) is 2.95. The van der Waals surface area contributed by atoms with Crippen LogP contribution in [-0.4, -0.2) is 10.1 Å². The summed E-state index contributed by atoms with van der Waals surface area (Å²) in [5.74, 6) is 0.00272. The molecule has 0 unspecified atom stereocenters. The number of benzene rings is 2. The molecule has 1 aromatic heterocycles.